The van der Waals surface area contributed by atoms with Crippen LogP contribution in [0.25, 0.3) is 0 Å². The molecule has 0 spiro atoms. The van der Waals surface area contributed by atoms with Crippen LogP contribution >= 0.6 is 0 Å². The molecule has 2 rings (SSSR count). The number of hydrogen-bond acceptors (Lipinski definition) is 3. The van der Waals surface area contributed by atoms with Crippen LogP contribution < -0.4 is 5.32 Å². The third-order valence-corrected chi connectivity index (χ3v) is 3.88. The smallest absolute Gasteiger partial charge is 0.338 e. The summed E-state index contributed by atoms with van der Waals surface area (Å²) in [6.45, 7) is 6.14. The fourth-order valence-electron chi connectivity index (χ4n) is 2.36. The second-order valence-electron chi connectivity index (χ2n) is 5.66. The molecule has 16 heavy (non-hydrogen) atoms. The number of rotatable bonds is 3. The molecule has 1 saturated carbocycles. The first-order chi connectivity index (χ1) is 7.44. The lowest BCUT2D eigenvalue weighted by Crippen LogP contribution is -2.86. The lowest BCUT2D eigenvalue weighted by atomic mass is 9.83. The predicted octanol–water partition coefficient (Wildman–Crippen LogP) is -0.193. The Morgan fingerprint density at radius 1 is 1.38 bits per heavy atom. The largest absolute Gasteiger partial charge is 0.457 e. The van der Waals surface area contributed by atoms with Crippen molar-refractivity contribution in [3.8, 4) is 0 Å². The van der Waals surface area contributed by atoms with Crippen molar-refractivity contribution in [2.45, 2.75) is 50.7 Å². The number of piperidine rings is 1. The number of carbonyl (C=O) groups is 1. The Balaban J connectivity index is 1.93. The van der Waals surface area contributed by atoms with Crippen molar-refractivity contribution in [3.05, 3.63) is 0 Å². The quantitative estimate of drug-likeness (QED) is 0.658. The van der Waals surface area contributed by atoms with E-state index in [-0.39, 0.29) is 0 Å². The normalized spacial score (nSPS) is 25.2. The van der Waals surface area contributed by atoms with Crippen LogP contribution in [0.3, 0.4) is 0 Å². The van der Waals surface area contributed by atoms with Gasteiger partial charge in [-0.1, -0.05) is 0 Å². The van der Waals surface area contributed by atoms with E-state index in [0.717, 1.165) is 25.9 Å². The van der Waals surface area contributed by atoms with E-state index < -0.39 is 17.2 Å². The molecule has 92 valence electrons. The number of ether oxygens (including phenoxy) is 1. The van der Waals surface area contributed by atoms with E-state index in [0.29, 0.717) is 18.8 Å². The van der Waals surface area contributed by atoms with Crippen molar-refractivity contribution in [1.29, 1.82) is 0 Å². The van der Waals surface area contributed by atoms with Gasteiger partial charge in [0.25, 0.3) is 0 Å². The Labute approximate surface area is 96.4 Å². The molecule has 2 fully saturated rings. The number of esters is 1. The van der Waals surface area contributed by atoms with Crippen LogP contribution in [0, 0.1) is 5.92 Å². The Morgan fingerprint density at radius 3 is 2.44 bits per heavy atom. The molecule has 0 bridgehead atoms. The fourth-order valence-corrected chi connectivity index (χ4v) is 2.36. The van der Waals surface area contributed by atoms with Crippen LogP contribution in [0.15, 0.2) is 0 Å². The molecule has 0 atom stereocenters. The molecular weight excluding hydrogens is 206 g/mol. The molecule has 2 aliphatic rings. The highest BCUT2D eigenvalue weighted by atomic mass is 16.6. The molecule has 0 aromatic carbocycles. The summed E-state index contributed by atoms with van der Waals surface area (Å²) in [7, 11) is 0. The molecule has 3 N–H and O–H groups in total. The van der Waals surface area contributed by atoms with Gasteiger partial charge in [0.1, 0.15) is 5.60 Å². The summed E-state index contributed by atoms with van der Waals surface area (Å²) in [5, 5.41) is 12.0. The van der Waals surface area contributed by atoms with Crippen molar-refractivity contribution < 1.29 is 20.0 Å². The standard InChI is InChI=1S/C12H21NO3/c1-11(2,9-3-7-13-8-4-9)16-10(14)12(15)5-6-12/h9,13,15H,3-8H2,1-2H3/p+1. The Kier molecular flexibility index (Phi) is 2.97. The second kappa shape index (κ2) is 4.00. The summed E-state index contributed by atoms with van der Waals surface area (Å²) < 4.78 is 5.50. The van der Waals surface area contributed by atoms with Gasteiger partial charge in [0, 0.05) is 18.8 Å². The first-order valence-electron chi connectivity index (χ1n) is 6.21. The van der Waals surface area contributed by atoms with E-state index in [2.05, 4.69) is 5.32 Å². The maximum absolute atomic E-state index is 11.7. The summed E-state index contributed by atoms with van der Waals surface area (Å²) in [6, 6.07) is 0. The Bertz CT molecular complexity index is 278. The van der Waals surface area contributed by atoms with Gasteiger partial charge in [0.15, 0.2) is 5.60 Å². The molecule has 0 unspecified atom stereocenters. The number of hydrogen-bond donors (Lipinski definition) is 2. The molecule has 4 nitrogen and oxygen atoms in total. The Hall–Kier alpha value is -0.610. The van der Waals surface area contributed by atoms with Crippen molar-refractivity contribution in [1.82, 2.24) is 0 Å². The summed E-state index contributed by atoms with van der Waals surface area (Å²) in [4.78, 5) is 11.7. The SMILES string of the molecule is CC(C)(OC(=O)C1(O)CC1)C1CC[NH2+]CC1. The first-order valence-corrected chi connectivity index (χ1v) is 6.21. The summed E-state index contributed by atoms with van der Waals surface area (Å²) >= 11 is 0. The zero-order valence-electron chi connectivity index (χ0n) is 10.2. The monoisotopic (exact) mass is 228 g/mol. The van der Waals surface area contributed by atoms with Crippen molar-refractivity contribution in [2.24, 2.45) is 5.92 Å². The van der Waals surface area contributed by atoms with Crippen molar-refractivity contribution in [2.75, 3.05) is 13.1 Å². The predicted molar refractivity (Wildman–Crippen MR) is 58.7 cm³/mol. The maximum Gasteiger partial charge on any atom is 0.338 e. The highest BCUT2D eigenvalue weighted by Gasteiger charge is 2.52. The molecule has 0 aromatic rings. The highest BCUT2D eigenvalue weighted by molar-refractivity contribution is 5.82. The first kappa shape index (κ1) is 11.9. The zero-order valence-corrected chi connectivity index (χ0v) is 10.2. The van der Waals surface area contributed by atoms with Gasteiger partial charge in [-0.05, 0) is 26.7 Å². The van der Waals surface area contributed by atoms with E-state index in [9.17, 15) is 9.90 Å². The molecule has 0 radical (unpaired) electrons. The maximum atomic E-state index is 11.7. The third-order valence-electron chi connectivity index (χ3n) is 3.88. The van der Waals surface area contributed by atoms with E-state index in [1.165, 1.54) is 0 Å². The van der Waals surface area contributed by atoms with Gasteiger partial charge < -0.3 is 15.2 Å². The number of carbonyl (C=O) groups excluding carboxylic acids is 1. The molecular formula is C12H22NO3+. The van der Waals surface area contributed by atoms with Gasteiger partial charge in [0.05, 0.1) is 13.1 Å². The molecule has 0 amide bonds. The molecule has 1 aliphatic carbocycles. The van der Waals surface area contributed by atoms with E-state index in [1.807, 2.05) is 13.8 Å². The second-order valence-corrected chi connectivity index (χ2v) is 5.66. The fraction of sp³-hybridized carbons (Fsp3) is 0.917. The topological polar surface area (TPSA) is 63.1 Å². The lowest BCUT2D eigenvalue weighted by molar-refractivity contribution is -0.665. The van der Waals surface area contributed by atoms with Crippen LogP contribution in [0.1, 0.15) is 39.5 Å². The molecule has 4 heteroatoms. The molecule has 0 aromatic heterocycles. The van der Waals surface area contributed by atoms with Gasteiger partial charge in [-0.3, -0.25) is 0 Å². The van der Waals surface area contributed by atoms with E-state index in [4.69, 9.17) is 4.74 Å². The minimum absolute atomic E-state index is 0.420. The van der Waals surface area contributed by atoms with Gasteiger partial charge >= 0.3 is 5.97 Å². The van der Waals surface area contributed by atoms with Gasteiger partial charge in [-0.25, -0.2) is 4.79 Å². The van der Waals surface area contributed by atoms with E-state index in [1.54, 1.807) is 0 Å². The molecule has 1 aliphatic heterocycles. The lowest BCUT2D eigenvalue weighted by Gasteiger charge is -2.36. The van der Waals surface area contributed by atoms with Gasteiger partial charge in [-0.15, -0.1) is 0 Å². The summed E-state index contributed by atoms with van der Waals surface area (Å²) in [6.07, 6.45) is 3.28. The van der Waals surface area contributed by atoms with Crippen LogP contribution in [-0.4, -0.2) is 35.4 Å². The number of nitrogens with two attached hydrogens (primary N) is 1. The average Bonchev–Trinajstić information content (AvgIpc) is 2.99. The molecule has 1 heterocycles. The van der Waals surface area contributed by atoms with Crippen LogP contribution in [0.4, 0.5) is 0 Å². The van der Waals surface area contributed by atoms with Crippen molar-refractivity contribution >= 4 is 5.97 Å². The zero-order chi connectivity index (χ0) is 11.8. The average molecular weight is 228 g/mol. The van der Waals surface area contributed by atoms with Crippen LogP contribution in [0.2, 0.25) is 0 Å². The Morgan fingerprint density at radius 2 is 1.94 bits per heavy atom. The minimum Gasteiger partial charge on any atom is -0.457 e. The van der Waals surface area contributed by atoms with Gasteiger partial charge in [-0.2, -0.15) is 0 Å². The summed E-state index contributed by atoms with van der Waals surface area (Å²) in [5.41, 5.74) is -1.60. The van der Waals surface area contributed by atoms with Crippen LogP contribution in [-0.2, 0) is 9.53 Å². The van der Waals surface area contributed by atoms with Crippen molar-refractivity contribution in [3.63, 3.8) is 0 Å². The number of aliphatic hydroxyl groups is 1. The summed E-state index contributed by atoms with van der Waals surface area (Å²) in [5.74, 6) is -0.00384. The molecule has 1 saturated heterocycles. The number of quaternary nitrogens is 1. The highest BCUT2D eigenvalue weighted by Crippen LogP contribution is 2.39. The van der Waals surface area contributed by atoms with E-state index >= 15 is 0 Å². The minimum atomic E-state index is -1.15. The van der Waals surface area contributed by atoms with Crippen LogP contribution in [0.5, 0.6) is 0 Å². The van der Waals surface area contributed by atoms with Gasteiger partial charge in [0.2, 0.25) is 0 Å². The third kappa shape index (κ3) is 2.38.